The fourth-order valence-corrected chi connectivity index (χ4v) is 4.48. The van der Waals surface area contributed by atoms with E-state index in [1.807, 2.05) is 79.7 Å². The van der Waals surface area contributed by atoms with E-state index in [9.17, 15) is 9.59 Å². The van der Waals surface area contributed by atoms with E-state index in [1.165, 1.54) is 0 Å². The number of nitrogens with one attached hydrogen (secondary N) is 1. The van der Waals surface area contributed by atoms with Gasteiger partial charge in [0.2, 0.25) is 5.91 Å². The summed E-state index contributed by atoms with van der Waals surface area (Å²) < 4.78 is 6.24. The summed E-state index contributed by atoms with van der Waals surface area (Å²) in [4.78, 5) is 28.7. The topological polar surface area (TPSA) is 58.6 Å². The van der Waals surface area contributed by atoms with Crippen LogP contribution in [0.3, 0.4) is 0 Å². The van der Waals surface area contributed by atoms with Crippen LogP contribution in [0.1, 0.15) is 28.4 Å². The molecular formula is C25H23BrN2O3. The Labute approximate surface area is 190 Å². The van der Waals surface area contributed by atoms with Crippen molar-refractivity contribution in [3.05, 3.63) is 94.0 Å². The smallest absolute Gasteiger partial charge is 0.259 e. The Bertz CT molecular complexity index is 1150. The third-order valence-electron chi connectivity index (χ3n) is 5.67. The molecule has 1 N–H and O–H groups in total. The average Bonchev–Trinajstić information content (AvgIpc) is 2.77. The van der Waals surface area contributed by atoms with Crippen LogP contribution in [-0.2, 0) is 17.8 Å². The number of rotatable bonds is 5. The Morgan fingerprint density at radius 3 is 2.61 bits per heavy atom. The van der Waals surface area contributed by atoms with Crippen LogP contribution in [0.5, 0.6) is 5.75 Å². The molecule has 1 unspecified atom stereocenters. The van der Waals surface area contributed by atoms with Crippen molar-refractivity contribution in [1.82, 2.24) is 5.32 Å². The molecule has 1 heterocycles. The number of amides is 2. The second-order valence-electron chi connectivity index (χ2n) is 7.72. The molecule has 1 aliphatic heterocycles. The zero-order chi connectivity index (χ0) is 22.0. The van der Waals surface area contributed by atoms with E-state index in [0.29, 0.717) is 30.0 Å². The van der Waals surface area contributed by atoms with Crippen LogP contribution < -0.4 is 15.0 Å². The number of fused-ring (bicyclic) bond motifs is 1. The minimum atomic E-state index is -1.09. The number of methoxy groups -OCH3 is 1. The first-order chi connectivity index (χ1) is 14.9. The van der Waals surface area contributed by atoms with Gasteiger partial charge in [-0.1, -0.05) is 58.4 Å². The summed E-state index contributed by atoms with van der Waals surface area (Å²) in [6.45, 7) is 2.12. The lowest BCUT2D eigenvalue weighted by Gasteiger charge is -2.44. The third-order valence-corrected chi connectivity index (χ3v) is 6.16. The Kier molecular flexibility index (Phi) is 5.83. The molecule has 4 rings (SSSR count). The number of para-hydroxylation sites is 1. The van der Waals surface area contributed by atoms with Gasteiger partial charge in [-0.25, -0.2) is 0 Å². The van der Waals surface area contributed by atoms with Gasteiger partial charge in [0.1, 0.15) is 11.3 Å². The number of hydrogen-bond donors (Lipinski definition) is 1. The summed E-state index contributed by atoms with van der Waals surface area (Å²) in [6, 6.07) is 22.5. The fraction of sp³-hybridized carbons (Fsp3) is 0.200. The van der Waals surface area contributed by atoms with Gasteiger partial charge in [0.25, 0.3) is 5.91 Å². The van der Waals surface area contributed by atoms with Crippen molar-refractivity contribution in [1.29, 1.82) is 0 Å². The Morgan fingerprint density at radius 1 is 1.10 bits per heavy atom. The van der Waals surface area contributed by atoms with E-state index < -0.39 is 5.54 Å². The Hall–Kier alpha value is -3.12. The highest BCUT2D eigenvalue weighted by molar-refractivity contribution is 9.10. The van der Waals surface area contributed by atoms with Crippen LogP contribution in [0, 0.1) is 0 Å². The molecule has 0 aromatic heterocycles. The van der Waals surface area contributed by atoms with Crippen molar-refractivity contribution in [2.45, 2.75) is 25.4 Å². The van der Waals surface area contributed by atoms with Crippen molar-refractivity contribution < 1.29 is 14.3 Å². The molecule has 0 fully saturated rings. The first-order valence-electron chi connectivity index (χ1n) is 10.0. The number of carbonyl (C=O) groups excluding carboxylic acids is 2. The van der Waals surface area contributed by atoms with Crippen LogP contribution in [0.25, 0.3) is 0 Å². The number of benzene rings is 3. The van der Waals surface area contributed by atoms with Crippen molar-refractivity contribution >= 4 is 33.4 Å². The molecule has 0 saturated heterocycles. The molecule has 1 aliphatic rings. The van der Waals surface area contributed by atoms with Crippen LogP contribution in [0.15, 0.2) is 77.3 Å². The highest BCUT2D eigenvalue weighted by Crippen LogP contribution is 2.36. The van der Waals surface area contributed by atoms with Gasteiger partial charge in [0.15, 0.2) is 0 Å². The highest BCUT2D eigenvalue weighted by Gasteiger charge is 2.47. The molecule has 3 aromatic carbocycles. The fourth-order valence-electron chi connectivity index (χ4n) is 4.09. The summed E-state index contributed by atoms with van der Waals surface area (Å²) in [5, 5.41) is 3.03. The highest BCUT2D eigenvalue weighted by atomic mass is 79.9. The maximum atomic E-state index is 13.6. The Balaban J connectivity index is 1.71. The number of anilines is 1. The lowest BCUT2D eigenvalue weighted by molar-refractivity contribution is -0.126. The molecule has 31 heavy (non-hydrogen) atoms. The summed E-state index contributed by atoms with van der Waals surface area (Å²) >= 11 is 3.48. The molecule has 0 spiro atoms. The second-order valence-corrected chi connectivity index (χ2v) is 8.64. The molecule has 0 saturated carbocycles. The third kappa shape index (κ3) is 3.95. The molecule has 6 heteroatoms. The molecule has 5 nitrogen and oxygen atoms in total. The van der Waals surface area contributed by atoms with E-state index in [1.54, 1.807) is 12.0 Å². The number of halogens is 1. The SMILES string of the molecule is COc1ccccc1CNC(=O)C1(C)Cc2ccccc2C(=O)N1c1cccc(Br)c1. The molecule has 158 valence electrons. The van der Waals surface area contributed by atoms with E-state index in [4.69, 9.17) is 4.74 Å². The first-order valence-corrected chi connectivity index (χ1v) is 10.8. The van der Waals surface area contributed by atoms with Gasteiger partial charge in [-0.15, -0.1) is 0 Å². The van der Waals surface area contributed by atoms with Crippen molar-refractivity contribution in [3.63, 3.8) is 0 Å². The van der Waals surface area contributed by atoms with Crippen LogP contribution >= 0.6 is 15.9 Å². The first kappa shape index (κ1) is 21.1. The normalized spacial score (nSPS) is 17.8. The van der Waals surface area contributed by atoms with Crippen LogP contribution in [0.4, 0.5) is 5.69 Å². The van der Waals surface area contributed by atoms with Gasteiger partial charge >= 0.3 is 0 Å². The number of hydrogen-bond acceptors (Lipinski definition) is 3. The standard InChI is InChI=1S/C25H23BrN2O3/c1-25(24(30)27-16-18-9-4-6-13-22(18)31-2)15-17-8-3-5-12-21(17)23(29)28(25)20-11-7-10-19(26)14-20/h3-14H,15-16H2,1-2H3,(H,27,30). The van der Waals surface area contributed by atoms with E-state index in [0.717, 1.165) is 15.6 Å². The van der Waals surface area contributed by atoms with Gasteiger partial charge in [0, 0.05) is 34.3 Å². The summed E-state index contributed by atoms with van der Waals surface area (Å²) in [7, 11) is 1.60. The molecule has 0 radical (unpaired) electrons. The predicted octanol–water partition coefficient (Wildman–Crippen LogP) is 4.74. The summed E-state index contributed by atoms with van der Waals surface area (Å²) in [5.74, 6) is 0.304. The minimum absolute atomic E-state index is 0.185. The monoisotopic (exact) mass is 478 g/mol. The maximum absolute atomic E-state index is 13.6. The van der Waals surface area contributed by atoms with Gasteiger partial charge < -0.3 is 10.1 Å². The van der Waals surface area contributed by atoms with Gasteiger partial charge in [-0.2, -0.15) is 0 Å². The lowest BCUT2D eigenvalue weighted by Crippen LogP contribution is -2.63. The summed E-state index contributed by atoms with van der Waals surface area (Å²) in [6.07, 6.45) is 0.416. The molecule has 2 amide bonds. The van der Waals surface area contributed by atoms with Crippen LogP contribution in [0.2, 0.25) is 0 Å². The molecule has 0 aliphatic carbocycles. The molecule has 1 atom stereocenters. The van der Waals surface area contributed by atoms with Gasteiger partial charge in [-0.3, -0.25) is 14.5 Å². The number of ether oxygens (including phenoxy) is 1. The predicted molar refractivity (Wildman–Crippen MR) is 124 cm³/mol. The zero-order valence-electron chi connectivity index (χ0n) is 17.4. The largest absolute Gasteiger partial charge is 0.496 e. The quantitative estimate of drug-likeness (QED) is 0.576. The van der Waals surface area contributed by atoms with E-state index in [-0.39, 0.29) is 11.8 Å². The van der Waals surface area contributed by atoms with Gasteiger partial charge in [0.05, 0.1) is 7.11 Å². The number of nitrogens with zero attached hydrogens (tertiary/aromatic N) is 1. The summed E-state index contributed by atoms with van der Waals surface area (Å²) in [5.41, 5.74) is 1.95. The zero-order valence-corrected chi connectivity index (χ0v) is 19.0. The molecule has 0 bridgehead atoms. The van der Waals surface area contributed by atoms with E-state index in [2.05, 4.69) is 21.2 Å². The maximum Gasteiger partial charge on any atom is 0.259 e. The minimum Gasteiger partial charge on any atom is -0.496 e. The van der Waals surface area contributed by atoms with E-state index >= 15 is 0 Å². The van der Waals surface area contributed by atoms with Crippen molar-refractivity contribution in [2.24, 2.45) is 0 Å². The van der Waals surface area contributed by atoms with Gasteiger partial charge in [-0.05, 0) is 42.8 Å². The second kappa shape index (κ2) is 8.55. The molecular weight excluding hydrogens is 456 g/mol. The van der Waals surface area contributed by atoms with Crippen molar-refractivity contribution in [3.8, 4) is 5.75 Å². The average molecular weight is 479 g/mol. The molecule has 3 aromatic rings. The van der Waals surface area contributed by atoms with Crippen molar-refractivity contribution in [2.75, 3.05) is 12.0 Å². The van der Waals surface area contributed by atoms with Crippen LogP contribution in [-0.4, -0.2) is 24.5 Å². The Morgan fingerprint density at radius 2 is 1.84 bits per heavy atom. The lowest BCUT2D eigenvalue weighted by atomic mass is 9.82. The number of carbonyl (C=O) groups is 2.